The number of halogens is 1. The molecule has 0 atom stereocenters. The topological polar surface area (TPSA) is 63.4 Å². The highest BCUT2D eigenvalue weighted by Gasteiger charge is 2.22. The molecule has 0 aromatic heterocycles. The van der Waals surface area contributed by atoms with E-state index in [0.29, 0.717) is 13.1 Å². The van der Waals surface area contributed by atoms with Gasteiger partial charge in [0.25, 0.3) is 11.8 Å². The van der Waals surface area contributed by atoms with Crippen molar-refractivity contribution in [3.63, 3.8) is 0 Å². The minimum absolute atomic E-state index is 0. The Morgan fingerprint density at radius 2 is 1.41 bits per heavy atom. The summed E-state index contributed by atoms with van der Waals surface area (Å²) in [6, 6.07) is 7.55. The number of imide groups is 1. The molecule has 0 spiro atoms. The summed E-state index contributed by atoms with van der Waals surface area (Å²) in [7, 11) is 0. The second kappa shape index (κ2) is 5.61. The van der Waals surface area contributed by atoms with Crippen LogP contribution in [-0.2, 0) is 22.7 Å². The molecule has 0 fully saturated rings. The third-order valence-electron chi connectivity index (χ3n) is 2.50. The van der Waals surface area contributed by atoms with E-state index in [2.05, 4.69) is 0 Å². The van der Waals surface area contributed by atoms with Gasteiger partial charge in [0.05, 0.1) is 6.54 Å². The quantitative estimate of drug-likeness (QED) is 0.816. The van der Waals surface area contributed by atoms with Gasteiger partial charge in [-0.15, -0.1) is 12.4 Å². The number of hydrogen-bond acceptors (Lipinski definition) is 3. The summed E-state index contributed by atoms with van der Waals surface area (Å²) in [5.41, 5.74) is 7.43. The third kappa shape index (κ3) is 2.93. The van der Waals surface area contributed by atoms with Crippen LogP contribution in [0.25, 0.3) is 0 Å². The summed E-state index contributed by atoms with van der Waals surface area (Å²) in [6.07, 6.45) is 2.58. The summed E-state index contributed by atoms with van der Waals surface area (Å²) < 4.78 is 0. The monoisotopic (exact) mass is 252 g/mol. The van der Waals surface area contributed by atoms with Gasteiger partial charge in [0, 0.05) is 18.7 Å². The zero-order chi connectivity index (χ0) is 11.5. The van der Waals surface area contributed by atoms with E-state index in [9.17, 15) is 9.59 Å². The lowest BCUT2D eigenvalue weighted by Crippen LogP contribution is -2.29. The van der Waals surface area contributed by atoms with Crippen molar-refractivity contribution in [1.82, 2.24) is 4.90 Å². The molecule has 1 aromatic rings. The zero-order valence-corrected chi connectivity index (χ0v) is 9.94. The van der Waals surface area contributed by atoms with Crippen LogP contribution >= 0.6 is 12.4 Å². The maximum absolute atomic E-state index is 11.3. The fourth-order valence-corrected chi connectivity index (χ4v) is 1.55. The van der Waals surface area contributed by atoms with Gasteiger partial charge in [0.1, 0.15) is 0 Å². The third-order valence-corrected chi connectivity index (χ3v) is 2.50. The molecule has 1 heterocycles. The molecule has 0 aliphatic carbocycles. The molecular formula is C12H13ClN2O2. The van der Waals surface area contributed by atoms with E-state index in [1.54, 1.807) is 0 Å². The Morgan fingerprint density at radius 1 is 0.941 bits per heavy atom. The first-order valence-electron chi connectivity index (χ1n) is 5.02. The van der Waals surface area contributed by atoms with Gasteiger partial charge in [-0.25, -0.2) is 0 Å². The van der Waals surface area contributed by atoms with Crippen LogP contribution < -0.4 is 5.73 Å². The number of nitrogens with zero attached hydrogens (tertiary/aromatic N) is 1. The lowest BCUT2D eigenvalue weighted by molar-refractivity contribution is -0.137. The molecule has 0 unspecified atom stereocenters. The Balaban J connectivity index is 0.00000144. The molecule has 1 aliphatic rings. The predicted octanol–water partition coefficient (Wildman–Crippen LogP) is 0.992. The van der Waals surface area contributed by atoms with Gasteiger partial charge >= 0.3 is 0 Å². The molecule has 0 saturated carbocycles. The number of rotatable bonds is 3. The standard InChI is InChI=1S/C12H12N2O2.ClH/c13-7-9-1-3-10(4-2-9)8-14-11(15)5-6-12(14)16;/h1-6H,7-8,13H2;1H. The number of nitrogens with two attached hydrogens (primary N) is 1. The Hall–Kier alpha value is -1.65. The molecular weight excluding hydrogens is 240 g/mol. The maximum Gasteiger partial charge on any atom is 0.253 e. The highest BCUT2D eigenvalue weighted by atomic mass is 35.5. The Bertz CT molecular complexity index is 436. The first-order valence-corrected chi connectivity index (χ1v) is 5.02. The van der Waals surface area contributed by atoms with Gasteiger partial charge < -0.3 is 5.73 Å². The molecule has 1 aromatic carbocycles. The zero-order valence-electron chi connectivity index (χ0n) is 9.13. The second-order valence-corrected chi connectivity index (χ2v) is 3.62. The molecule has 0 saturated heterocycles. The average molecular weight is 253 g/mol. The van der Waals surface area contributed by atoms with Gasteiger partial charge in [-0.2, -0.15) is 0 Å². The largest absolute Gasteiger partial charge is 0.326 e. The molecule has 17 heavy (non-hydrogen) atoms. The van der Waals surface area contributed by atoms with Gasteiger partial charge in [-0.05, 0) is 11.1 Å². The lowest BCUT2D eigenvalue weighted by Gasteiger charge is -2.13. The van der Waals surface area contributed by atoms with Crippen LogP contribution in [0.4, 0.5) is 0 Å². The van der Waals surface area contributed by atoms with Gasteiger partial charge in [0.2, 0.25) is 0 Å². The second-order valence-electron chi connectivity index (χ2n) is 3.62. The minimum Gasteiger partial charge on any atom is -0.326 e. The van der Waals surface area contributed by atoms with Crippen molar-refractivity contribution in [2.24, 2.45) is 5.73 Å². The Kier molecular flexibility index (Phi) is 4.43. The molecule has 1 aliphatic heterocycles. The number of carbonyl (C=O) groups excluding carboxylic acids is 2. The van der Waals surface area contributed by atoms with Crippen molar-refractivity contribution in [3.8, 4) is 0 Å². The number of amides is 2. The average Bonchev–Trinajstić information content (AvgIpc) is 2.62. The maximum atomic E-state index is 11.3. The summed E-state index contributed by atoms with van der Waals surface area (Å²) in [5, 5.41) is 0. The fraction of sp³-hybridized carbons (Fsp3) is 0.167. The first kappa shape index (κ1) is 13.4. The van der Waals surface area contributed by atoms with Crippen molar-refractivity contribution in [3.05, 3.63) is 47.5 Å². The minimum atomic E-state index is -0.257. The molecule has 2 amide bonds. The van der Waals surface area contributed by atoms with Crippen LogP contribution in [0.5, 0.6) is 0 Å². The van der Waals surface area contributed by atoms with E-state index >= 15 is 0 Å². The van der Waals surface area contributed by atoms with E-state index in [4.69, 9.17) is 5.73 Å². The van der Waals surface area contributed by atoms with E-state index in [1.165, 1.54) is 17.1 Å². The Morgan fingerprint density at radius 3 is 1.88 bits per heavy atom. The van der Waals surface area contributed by atoms with Crippen molar-refractivity contribution < 1.29 is 9.59 Å². The van der Waals surface area contributed by atoms with Crippen molar-refractivity contribution in [1.29, 1.82) is 0 Å². The van der Waals surface area contributed by atoms with E-state index in [1.807, 2.05) is 24.3 Å². The molecule has 0 radical (unpaired) electrons. The number of hydrogen-bond donors (Lipinski definition) is 1. The van der Waals surface area contributed by atoms with Gasteiger partial charge in [-0.1, -0.05) is 24.3 Å². The smallest absolute Gasteiger partial charge is 0.253 e. The summed E-state index contributed by atoms with van der Waals surface area (Å²) in [6.45, 7) is 0.804. The lowest BCUT2D eigenvalue weighted by atomic mass is 10.1. The molecule has 4 nitrogen and oxygen atoms in total. The number of benzene rings is 1. The summed E-state index contributed by atoms with van der Waals surface area (Å²) >= 11 is 0. The molecule has 0 bridgehead atoms. The van der Waals surface area contributed by atoms with Gasteiger partial charge in [-0.3, -0.25) is 14.5 Å². The van der Waals surface area contributed by atoms with Crippen molar-refractivity contribution >= 4 is 24.2 Å². The van der Waals surface area contributed by atoms with E-state index < -0.39 is 0 Å². The normalized spacial score (nSPS) is 14.1. The number of carbonyl (C=O) groups is 2. The van der Waals surface area contributed by atoms with E-state index in [0.717, 1.165) is 11.1 Å². The van der Waals surface area contributed by atoms with Crippen LogP contribution in [0.2, 0.25) is 0 Å². The molecule has 2 N–H and O–H groups in total. The fourth-order valence-electron chi connectivity index (χ4n) is 1.55. The highest BCUT2D eigenvalue weighted by molar-refractivity contribution is 6.12. The van der Waals surface area contributed by atoms with Gasteiger partial charge in [0.15, 0.2) is 0 Å². The Labute approximate surface area is 106 Å². The molecule has 90 valence electrons. The molecule has 2 rings (SSSR count). The highest BCUT2D eigenvalue weighted by Crippen LogP contribution is 2.11. The molecule has 5 heteroatoms. The van der Waals surface area contributed by atoms with E-state index in [-0.39, 0.29) is 24.2 Å². The van der Waals surface area contributed by atoms with Crippen LogP contribution in [0, 0.1) is 0 Å². The van der Waals surface area contributed by atoms with Crippen LogP contribution in [0.3, 0.4) is 0 Å². The predicted molar refractivity (Wildman–Crippen MR) is 66.3 cm³/mol. The van der Waals surface area contributed by atoms with Crippen molar-refractivity contribution in [2.45, 2.75) is 13.1 Å². The van der Waals surface area contributed by atoms with Crippen molar-refractivity contribution in [2.75, 3.05) is 0 Å². The van der Waals surface area contributed by atoms with Crippen LogP contribution in [0.15, 0.2) is 36.4 Å². The van der Waals surface area contributed by atoms with Crippen LogP contribution in [0.1, 0.15) is 11.1 Å². The SMILES string of the molecule is Cl.NCc1ccc(CN2C(=O)C=CC2=O)cc1. The summed E-state index contributed by atoms with van der Waals surface area (Å²) in [5.74, 6) is -0.513. The summed E-state index contributed by atoms with van der Waals surface area (Å²) in [4.78, 5) is 23.8. The first-order chi connectivity index (χ1) is 7.70. The van der Waals surface area contributed by atoms with Crippen LogP contribution in [-0.4, -0.2) is 16.7 Å².